The van der Waals surface area contributed by atoms with Crippen molar-refractivity contribution in [2.75, 3.05) is 12.4 Å². The number of hydrogen-bond donors (Lipinski definition) is 0. The third-order valence-corrected chi connectivity index (χ3v) is 5.40. The number of rotatable bonds is 6. The normalized spacial score (nSPS) is 11.0. The first-order chi connectivity index (χ1) is 12.1. The van der Waals surface area contributed by atoms with Crippen LogP contribution in [0.2, 0.25) is 5.02 Å². The first-order valence-electron chi connectivity index (χ1n) is 7.80. The highest BCUT2D eigenvalue weighted by Gasteiger charge is 2.10. The molecular weight excluding hydrogens is 424 g/mol. The number of para-hydroxylation sites is 1. The van der Waals surface area contributed by atoms with Gasteiger partial charge >= 0.3 is 0 Å². The zero-order valence-corrected chi connectivity index (χ0v) is 16.7. The van der Waals surface area contributed by atoms with E-state index in [1.54, 1.807) is 16.7 Å². The summed E-state index contributed by atoms with van der Waals surface area (Å²) < 4.78 is 8.28. The quantitative estimate of drug-likeness (QED) is 0.308. The summed E-state index contributed by atoms with van der Waals surface area (Å²) >= 11 is 10.9. The average Bonchev–Trinajstić information content (AvgIpc) is 2.60. The first-order valence-corrected chi connectivity index (χ1v) is 9.96. The lowest BCUT2D eigenvalue weighted by molar-refractivity contribution is 0.341. The average molecular weight is 440 g/mol. The summed E-state index contributed by atoms with van der Waals surface area (Å²) in [5, 5.41) is 2.01. The van der Waals surface area contributed by atoms with Crippen molar-refractivity contribution in [3.8, 4) is 5.75 Å². The number of benzene rings is 2. The van der Waals surface area contributed by atoms with Gasteiger partial charge in [-0.25, -0.2) is 4.98 Å². The van der Waals surface area contributed by atoms with Gasteiger partial charge in [-0.15, -0.1) is 0 Å². The van der Waals surface area contributed by atoms with Crippen LogP contribution in [-0.2, 0) is 6.54 Å². The molecule has 7 heteroatoms. The molecule has 0 amide bonds. The largest absolute Gasteiger partial charge is 0.492 e. The molecule has 3 aromatic rings. The smallest absolute Gasteiger partial charge is 0.262 e. The van der Waals surface area contributed by atoms with Crippen LogP contribution in [0.3, 0.4) is 0 Å². The maximum Gasteiger partial charge on any atom is 0.262 e. The number of nitrogens with zero attached hydrogens (tertiary/aromatic N) is 2. The SMILES string of the molecule is CCn1c(SCCOc2ccc(Cl)cc2Br)nc2ccccc2c1=O. The van der Waals surface area contributed by atoms with Gasteiger partial charge in [-0.2, -0.15) is 0 Å². The molecule has 25 heavy (non-hydrogen) atoms. The molecule has 4 nitrogen and oxygen atoms in total. The van der Waals surface area contributed by atoms with Crippen LogP contribution in [0.5, 0.6) is 5.75 Å². The van der Waals surface area contributed by atoms with Gasteiger partial charge in [0, 0.05) is 17.3 Å². The van der Waals surface area contributed by atoms with E-state index in [1.165, 1.54) is 11.8 Å². The van der Waals surface area contributed by atoms with E-state index in [0.29, 0.717) is 34.5 Å². The molecule has 0 N–H and O–H groups in total. The molecule has 0 aliphatic rings. The van der Waals surface area contributed by atoms with Crippen LogP contribution >= 0.6 is 39.3 Å². The summed E-state index contributed by atoms with van der Waals surface area (Å²) in [6.07, 6.45) is 0. The molecule has 0 bridgehead atoms. The molecule has 0 aliphatic carbocycles. The summed E-state index contributed by atoms with van der Waals surface area (Å²) in [5.41, 5.74) is 0.720. The molecule has 0 fully saturated rings. The highest BCUT2D eigenvalue weighted by atomic mass is 79.9. The van der Waals surface area contributed by atoms with Gasteiger partial charge in [0.15, 0.2) is 5.16 Å². The molecule has 1 heterocycles. The number of hydrogen-bond acceptors (Lipinski definition) is 4. The Morgan fingerprint density at radius 1 is 1.28 bits per heavy atom. The Balaban J connectivity index is 1.71. The molecule has 0 saturated heterocycles. The fraction of sp³-hybridized carbons (Fsp3) is 0.222. The van der Waals surface area contributed by atoms with Gasteiger partial charge < -0.3 is 4.74 Å². The van der Waals surface area contributed by atoms with Crippen molar-refractivity contribution < 1.29 is 4.74 Å². The minimum Gasteiger partial charge on any atom is -0.492 e. The van der Waals surface area contributed by atoms with Crippen LogP contribution in [0.1, 0.15) is 6.92 Å². The Labute approximate surface area is 163 Å². The van der Waals surface area contributed by atoms with Crippen molar-refractivity contribution in [3.05, 3.63) is 62.3 Å². The lowest BCUT2D eigenvalue weighted by Crippen LogP contribution is -2.22. The lowest BCUT2D eigenvalue weighted by Gasteiger charge is -2.12. The molecule has 0 radical (unpaired) electrons. The van der Waals surface area contributed by atoms with Crippen molar-refractivity contribution in [1.29, 1.82) is 0 Å². The number of fused-ring (bicyclic) bond motifs is 1. The second-order valence-corrected chi connectivity index (χ2v) is 7.59. The minimum absolute atomic E-state index is 0.00281. The zero-order chi connectivity index (χ0) is 17.8. The number of halogens is 2. The number of thioether (sulfide) groups is 1. The Bertz CT molecular complexity index is 961. The Kier molecular flexibility index (Phi) is 6.04. The van der Waals surface area contributed by atoms with E-state index in [1.807, 2.05) is 37.3 Å². The van der Waals surface area contributed by atoms with E-state index in [4.69, 9.17) is 16.3 Å². The third kappa shape index (κ3) is 4.19. The molecule has 0 spiro atoms. The van der Waals surface area contributed by atoms with E-state index in [-0.39, 0.29) is 5.56 Å². The summed E-state index contributed by atoms with van der Waals surface area (Å²) in [4.78, 5) is 17.2. The molecule has 130 valence electrons. The first kappa shape index (κ1) is 18.3. The van der Waals surface area contributed by atoms with Gasteiger partial charge in [0.1, 0.15) is 5.75 Å². The fourth-order valence-electron chi connectivity index (χ4n) is 2.41. The molecule has 0 saturated carbocycles. The molecule has 1 aromatic heterocycles. The molecule has 2 aromatic carbocycles. The van der Waals surface area contributed by atoms with Gasteiger partial charge in [-0.3, -0.25) is 9.36 Å². The third-order valence-electron chi connectivity index (χ3n) is 3.61. The molecule has 0 aliphatic heterocycles. The monoisotopic (exact) mass is 438 g/mol. The van der Waals surface area contributed by atoms with Crippen LogP contribution in [0.25, 0.3) is 10.9 Å². The summed E-state index contributed by atoms with van der Waals surface area (Å²) in [6, 6.07) is 12.8. The van der Waals surface area contributed by atoms with Gasteiger partial charge in [0.25, 0.3) is 5.56 Å². The summed E-state index contributed by atoms with van der Waals surface area (Å²) in [7, 11) is 0. The van der Waals surface area contributed by atoms with E-state index in [0.717, 1.165) is 15.7 Å². The number of aromatic nitrogens is 2. The number of ether oxygens (including phenoxy) is 1. The van der Waals surface area contributed by atoms with E-state index in [2.05, 4.69) is 20.9 Å². The van der Waals surface area contributed by atoms with Crippen molar-refractivity contribution in [3.63, 3.8) is 0 Å². The maximum absolute atomic E-state index is 12.6. The second kappa shape index (κ2) is 8.25. The highest BCUT2D eigenvalue weighted by molar-refractivity contribution is 9.10. The Hall–Kier alpha value is -1.50. The van der Waals surface area contributed by atoms with Crippen LogP contribution in [0.15, 0.2) is 56.9 Å². The fourth-order valence-corrected chi connectivity index (χ4v) is 4.09. The summed E-state index contributed by atoms with van der Waals surface area (Å²) in [6.45, 7) is 3.03. The predicted molar refractivity (Wildman–Crippen MR) is 107 cm³/mol. The van der Waals surface area contributed by atoms with Crippen molar-refractivity contribution >= 4 is 50.2 Å². The predicted octanol–water partition coefficient (Wildman–Crippen LogP) is 5.00. The Morgan fingerprint density at radius 2 is 2.08 bits per heavy atom. The molecule has 0 unspecified atom stereocenters. The van der Waals surface area contributed by atoms with Crippen molar-refractivity contribution in [1.82, 2.24) is 9.55 Å². The van der Waals surface area contributed by atoms with Gasteiger partial charge in [-0.1, -0.05) is 35.5 Å². The maximum atomic E-state index is 12.6. The van der Waals surface area contributed by atoms with E-state index in [9.17, 15) is 4.79 Å². The molecular formula is C18H16BrClN2O2S. The molecule has 3 rings (SSSR count). The van der Waals surface area contributed by atoms with Gasteiger partial charge in [-0.05, 0) is 53.2 Å². The van der Waals surface area contributed by atoms with Crippen LogP contribution in [-0.4, -0.2) is 21.9 Å². The molecule has 0 atom stereocenters. The van der Waals surface area contributed by atoms with E-state index >= 15 is 0 Å². The topological polar surface area (TPSA) is 44.1 Å². The Morgan fingerprint density at radius 3 is 2.84 bits per heavy atom. The van der Waals surface area contributed by atoms with Crippen LogP contribution in [0, 0.1) is 0 Å². The summed E-state index contributed by atoms with van der Waals surface area (Å²) in [5.74, 6) is 1.42. The van der Waals surface area contributed by atoms with Gasteiger partial charge in [0.2, 0.25) is 0 Å². The van der Waals surface area contributed by atoms with Gasteiger partial charge in [0.05, 0.1) is 22.0 Å². The second-order valence-electron chi connectivity index (χ2n) is 5.23. The van der Waals surface area contributed by atoms with Crippen LogP contribution < -0.4 is 10.3 Å². The zero-order valence-electron chi connectivity index (χ0n) is 13.5. The van der Waals surface area contributed by atoms with E-state index < -0.39 is 0 Å². The van der Waals surface area contributed by atoms with Crippen molar-refractivity contribution in [2.45, 2.75) is 18.6 Å². The van der Waals surface area contributed by atoms with Crippen LogP contribution in [0.4, 0.5) is 0 Å². The highest BCUT2D eigenvalue weighted by Crippen LogP contribution is 2.28. The van der Waals surface area contributed by atoms with Crippen molar-refractivity contribution in [2.24, 2.45) is 0 Å². The minimum atomic E-state index is -0.00281. The standard InChI is InChI=1S/C18H16BrClN2O2S/c1-2-22-17(23)13-5-3-4-6-15(13)21-18(22)25-10-9-24-16-8-7-12(20)11-14(16)19/h3-8,11H,2,9-10H2,1H3. The lowest BCUT2D eigenvalue weighted by atomic mass is 10.2.